The van der Waals surface area contributed by atoms with Gasteiger partial charge in [0.2, 0.25) is 0 Å². The summed E-state index contributed by atoms with van der Waals surface area (Å²) >= 11 is 1.76. The normalized spacial score (nSPS) is 10.6. The van der Waals surface area contributed by atoms with Gasteiger partial charge in [-0.05, 0) is 34.7 Å². The molecule has 17 heavy (non-hydrogen) atoms. The molecule has 1 N–H and O–H groups in total. The van der Waals surface area contributed by atoms with Gasteiger partial charge in [-0.3, -0.25) is 4.79 Å². The highest BCUT2D eigenvalue weighted by Gasteiger charge is 2.13. The molecule has 0 aliphatic carbocycles. The molecule has 0 bridgehead atoms. The van der Waals surface area contributed by atoms with Gasteiger partial charge in [0.15, 0.2) is 17.5 Å². The summed E-state index contributed by atoms with van der Waals surface area (Å²) in [5.74, 6) is -4.24. The summed E-state index contributed by atoms with van der Waals surface area (Å²) in [7, 11) is 0. The Morgan fingerprint density at radius 2 is 1.76 bits per heavy atom. The zero-order valence-electron chi connectivity index (χ0n) is 8.10. The fourth-order valence-electron chi connectivity index (χ4n) is 1.22. The van der Waals surface area contributed by atoms with Crippen LogP contribution in [0.25, 0.3) is 11.4 Å². The number of nitrogens with zero attached hydrogens (tertiary/aromatic N) is 1. The van der Waals surface area contributed by atoms with Gasteiger partial charge < -0.3 is 4.98 Å². The van der Waals surface area contributed by atoms with Crippen LogP contribution in [0.15, 0.2) is 23.1 Å². The Labute approximate surface area is 107 Å². The first-order valence-electron chi connectivity index (χ1n) is 4.39. The molecule has 3 nitrogen and oxygen atoms in total. The van der Waals surface area contributed by atoms with Crippen LogP contribution in [-0.2, 0) is 0 Å². The van der Waals surface area contributed by atoms with Crippen LogP contribution >= 0.6 is 22.6 Å². The van der Waals surface area contributed by atoms with Gasteiger partial charge in [-0.25, -0.2) is 18.2 Å². The molecular formula is C10H4F3IN2O. The molecule has 2 aromatic rings. The SMILES string of the molecule is O=c1[nH]c(-c2cc(F)c(F)c(F)c2)ncc1I. The van der Waals surface area contributed by atoms with Crippen molar-refractivity contribution in [2.45, 2.75) is 0 Å². The van der Waals surface area contributed by atoms with E-state index in [-0.39, 0.29) is 11.4 Å². The number of aromatic nitrogens is 2. The Balaban J connectivity index is 2.61. The average molecular weight is 352 g/mol. The highest BCUT2D eigenvalue weighted by Crippen LogP contribution is 2.20. The number of benzene rings is 1. The van der Waals surface area contributed by atoms with Crippen molar-refractivity contribution in [3.05, 3.63) is 49.7 Å². The van der Waals surface area contributed by atoms with Crippen molar-refractivity contribution in [2.24, 2.45) is 0 Å². The van der Waals surface area contributed by atoms with Gasteiger partial charge in [-0.1, -0.05) is 0 Å². The van der Waals surface area contributed by atoms with Crippen LogP contribution in [0, 0.1) is 21.0 Å². The van der Waals surface area contributed by atoms with Gasteiger partial charge in [0.25, 0.3) is 5.56 Å². The third-order valence-corrected chi connectivity index (χ3v) is 2.78. The zero-order chi connectivity index (χ0) is 12.6. The van der Waals surface area contributed by atoms with Gasteiger partial charge >= 0.3 is 0 Å². The Morgan fingerprint density at radius 1 is 1.18 bits per heavy atom. The second kappa shape index (κ2) is 4.47. The van der Waals surface area contributed by atoms with Crippen molar-refractivity contribution < 1.29 is 13.2 Å². The molecule has 0 aliphatic rings. The van der Waals surface area contributed by atoms with Crippen molar-refractivity contribution in [2.75, 3.05) is 0 Å². The molecule has 0 spiro atoms. The Hall–Kier alpha value is -1.38. The van der Waals surface area contributed by atoms with Crippen molar-refractivity contribution in [3.8, 4) is 11.4 Å². The lowest BCUT2D eigenvalue weighted by molar-refractivity contribution is 0.447. The van der Waals surface area contributed by atoms with E-state index in [4.69, 9.17) is 0 Å². The minimum absolute atomic E-state index is 0.0202. The maximum atomic E-state index is 13.0. The zero-order valence-corrected chi connectivity index (χ0v) is 10.3. The molecule has 1 aromatic heterocycles. The third kappa shape index (κ3) is 2.33. The molecule has 0 saturated carbocycles. The maximum Gasteiger partial charge on any atom is 0.264 e. The van der Waals surface area contributed by atoms with Crippen LogP contribution in [-0.4, -0.2) is 9.97 Å². The van der Waals surface area contributed by atoms with E-state index in [0.717, 1.165) is 12.1 Å². The Bertz CT molecular complexity index is 619. The highest BCUT2D eigenvalue weighted by atomic mass is 127. The summed E-state index contributed by atoms with van der Waals surface area (Å²) < 4.78 is 39.0. The smallest absolute Gasteiger partial charge is 0.264 e. The summed E-state index contributed by atoms with van der Waals surface area (Å²) in [6.07, 6.45) is 1.26. The molecule has 0 atom stereocenters. The van der Waals surface area contributed by atoms with Crippen LogP contribution < -0.4 is 5.56 Å². The van der Waals surface area contributed by atoms with E-state index in [1.54, 1.807) is 22.6 Å². The average Bonchev–Trinajstić information content (AvgIpc) is 2.29. The number of hydrogen-bond donors (Lipinski definition) is 1. The second-order valence-corrected chi connectivity index (χ2v) is 4.32. The number of hydrogen-bond acceptors (Lipinski definition) is 2. The lowest BCUT2D eigenvalue weighted by Crippen LogP contribution is -2.11. The van der Waals surface area contributed by atoms with Crippen molar-refractivity contribution in [1.82, 2.24) is 9.97 Å². The second-order valence-electron chi connectivity index (χ2n) is 3.16. The largest absolute Gasteiger partial charge is 0.306 e. The topological polar surface area (TPSA) is 45.8 Å². The fraction of sp³-hybridized carbons (Fsp3) is 0. The fourth-order valence-corrected chi connectivity index (χ4v) is 1.49. The minimum atomic E-state index is -1.55. The monoisotopic (exact) mass is 352 g/mol. The number of halogens is 4. The predicted octanol–water partition coefficient (Wildman–Crippen LogP) is 2.46. The summed E-state index contributed by atoms with van der Waals surface area (Å²) in [6.45, 7) is 0. The molecule has 0 saturated heterocycles. The first-order chi connectivity index (χ1) is 7.99. The third-order valence-electron chi connectivity index (χ3n) is 2.01. The highest BCUT2D eigenvalue weighted by molar-refractivity contribution is 14.1. The van der Waals surface area contributed by atoms with Gasteiger partial charge in [0, 0.05) is 11.8 Å². The van der Waals surface area contributed by atoms with E-state index in [9.17, 15) is 18.0 Å². The van der Waals surface area contributed by atoms with E-state index in [1.807, 2.05) is 0 Å². The van der Waals surface area contributed by atoms with Crippen molar-refractivity contribution in [1.29, 1.82) is 0 Å². The van der Waals surface area contributed by atoms with Gasteiger partial charge in [-0.2, -0.15) is 0 Å². The number of aromatic amines is 1. The first kappa shape index (κ1) is 12.1. The molecule has 0 radical (unpaired) electrons. The van der Waals surface area contributed by atoms with Crippen molar-refractivity contribution in [3.63, 3.8) is 0 Å². The van der Waals surface area contributed by atoms with Gasteiger partial charge in [-0.15, -0.1) is 0 Å². The van der Waals surface area contributed by atoms with Crippen LogP contribution in [0.4, 0.5) is 13.2 Å². The number of H-pyrrole nitrogens is 1. The van der Waals surface area contributed by atoms with Crippen LogP contribution in [0.1, 0.15) is 0 Å². The van der Waals surface area contributed by atoms with Crippen molar-refractivity contribution >= 4 is 22.6 Å². The van der Waals surface area contributed by atoms with Gasteiger partial charge in [0.1, 0.15) is 5.82 Å². The molecule has 0 unspecified atom stereocenters. The Kier molecular flexibility index (Phi) is 3.18. The molecule has 7 heteroatoms. The first-order valence-corrected chi connectivity index (χ1v) is 5.46. The summed E-state index contributed by atoms with van der Waals surface area (Å²) in [4.78, 5) is 17.4. The molecule has 0 amide bonds. The van der Waals surface area contributed by atoms with E-state index in [2.05, 4.69) is 9.97 Å². The van der Waals surface area contributed by atoms with Gasteiger partial charge in [0.05, 0.1) is 3.57 Å². The lowest BCUT2D eigenvalue weighted by Gasteiger charge is -2.02. The van der Waals surface area contributed by atoms with E-state index in [0.29, 0.717) is 3.57 Å². The van der Waals surface area contributed by atoms with E-state index >= 15 is 0 Å². The Morgan fingerprint density at radius 3 is 2.29 bits per heavy atom. The number of rotatable bonds is 1. The molecule has 2 rings (SSSR count). The van der Waals surface area contributed by atoms with Crippen LogP contribution in [0.5, 0.6) is 0 Å². The molecule has 0 aliphatic heterocycles. The quantitative estimate of drug-likeness (QED) is 0.633. The standard InChI is InChI=1S/C10H4F3IN2O/c11-5-1-4(2-6(12)8(5)13)9-15-3-7(14)10(17)16-9/h1-3H,(H,15,16,17). The lowest BCUT2D eigenvalue weighted by atomic mass is 10.2. The van der Waals surface area contributed by atoms with Crippen LogP contribution in [0.2, 0.25) is 0 Å². The summed E-state index contributed by atoms with van der Waals surface area (Å²) in [5, 5.41) is 0. The molecule has 1 heterocycles. The van der Waals surface area contributed by atoms with E-state index in [1.165, 1.54) is 6.20 Å². The maximum absolute atomic E-state index is 13.0. The summed E-state index contributed by atoms with van der Waals surface area (Å²) in [6, 6.07) is 1.53. The molecule has 1 aromatic carbocycles. The summed E-state index contributed by atoms with van der Waals surface area (Å²) in [5.41, 5.74) is -0.462. The minimum Gasteiger partial charge on any atom is -0.306 e. The molecule has 0 fully saturated rings. The molecule has 88 valence electrons. The predicted molar refractivity (Wildman–Crippen MR) is 62.9 cm³/mol. The van der Waals surface area contributed by atoms with E-state index < -0.39 is 23.0 Å². The molecular weight excluding hydrogens is 348 g/mol. The number of nitrogens with one attached hydrogen (secondary N) is 1. The van der Waals surface area contributed by atoms with Crippen LogP contribution in [0.3, 0.4) is 0 Å².